The van der Waals surface area contributed by atoms with Gasteiger partial charge in [0.25, 0.3) is 0 Å². The van der Waals surface area contributed by atoms with Crippen molar-refractivity contribution in [1.29, 1.82) is 0 Å². The van der Waals surface area contributed by atoms with Crippen molar-refractivity contribution in [2.45, 2.75) is 24.3 Å². The second kappa shape index (κ2) is 8.20. The molecule has 1 N–H and O–H groups in total. The van der Waals surface area contributed by atoms with Crippen LogP contribution >= 0.6 is 23.4 Å². The van der Waals surface area contributed by atoms with Crippen LogP contribution in [0.2, 0.25) is 5.02 Å². The van der Waals surface area contributed by atoms with E-state index in [-0.39, 0.29) is 17.8 Å². The van der Waals surface area contributed by atoms with Crippen LogP contribution in [0.4, 0.5) is 4.39 Å². The Kier molecular flexibility index (Phi) is 6.28. The van der Waals surface area contributed by atoms with E-state index in [9.17, 15) is 9.18 Å². The highest BCUT2D eigenvalue weighted by molar-refractivity contribution is 7.99. The summed E-state index contributed by atoms with van der Waals surface area (Å²) in [6.45, 7) is 1.89. The first-order valence-electron chi connectivity index (χ1n) is 6.98. The lowest BCUT2D eigenvalue weighted by Crippen LogP contribution is -2.26. The summed E-state index contributed by atoms with van der Waals surface area (Å²) >= 11 is 7.44. The Bertz CT molecular complexity index is 616. The molecule has 0 saturated carbocycles. The second-order valence-electron chi connectivity index (χ2n) is 4.89. The van der Waals surface area contributed by atoms with Gasteiger partial charge in [-0.15, -0.1) is 11.8 Å². The fourth-order valence-electron chi connectivity index (χ4n) is 1.94. The fourth-order valence-corrected chi connectivity index (χ4v) is 2.92. The number of hydrogen-bond donors (Lipinski definition) is 1. The Labute approximate surface area is 139 Å². The maximum Gasteiger partial charge on any atom is 0.221 e. The van der Waals surface area contributed by atoms with Gasteiger partial charge < -0.3 is 5.32 Å². The van der Waals surface area contributed by atoms with E-state index in [1.54, 1.807) is 23.9 Å². The van der Waals surface area contributed by atoms with Gasteiger partial charge in [0.05, 0.1) is 6.04 Å². The van der Waals surface area contributed by atoms with Crippen LogP contribution in [-0.4, -0.2) is 11.7 Å². The van der Waals surface area contributed by atoms with Crippen LogP contribution in [0.25, 0.3) is 0 Å². The van der Waals surface area contributed by atoms with E-state index in [1.807, 2.05) is 31.2 Å². The average Bonchev–Trinajstić information content (AvgIpc) is 2.50. The minimum Gasteiger partial charge on any atom is -0.350 e. The molecule has 116 valence electrons. The molecule has 1 atom stereocenters. The standard InChI is InChI=1S/C17H17ClFNOS/c1-12(13-2-6-15(19)7-3-13)20-17(21)10-11-22-16-8-4-14(18)5-9-16/h2-9,12H,10-11H2,1H3,(H,20,21)/t12-/m1/s1. The number of thioether (sulfide) groups is 1. The lowest BCUT2D eigenvalue weighted by molar-refractivity contribution is -0.121. The maximum atomic E-state index is 12.9. The van der Waals surface area contributed by atoms with Gasteiger partial charge in [-0.3, -0.25) is 4.79 Å². The van der Waals surface area contributed by atoms with Crippen LogP contribution in [0.3, 0.4) is 0 Å². The van der Waals surface area contributed by atoms with Gasteiger partial charge in [0.15, 0.2) is 0 Å². The first kappa shape index (κ1) is 16.8. The van der Waals surface area contributed by atoms with E-state index in [0.29, 0.717) is 17.2 Å². The predicted molar refractivity (Wildman–Crippen MR) is 89.8 cm³/mol. The normalized spacial score (nSPS) is 12.0. The third kappa shape index (κ3) is 5.35. The molecule has 22 heavy (non-hydrogen) atoms. The lowest BCUT2D eigenvalue weighted by Gasteiger charge is -2.14. The summed E-state index contributed by atoms with van der Waals surface area (Å²) in [5.74, 6) is 0.406. The minimum absolute atomic E-state index is 0.0155. The van der Waals surface area contributed by atoms with E-state index >= 15 is 0 Å². The van der Waals surface area contributed by atoms with Crippen molar-refractivity contribution in [3.05, 3.63) is 64.9 Å². The maximum absolute atomic E-state index is 12.9. The van der Waals surface area contributed by atoms with E-state index in [0.717, 1.165) is 10.5 Å². The Morgan fingerprint density at radius 1 is 1.18 bits per heavy atom. The molecule has 2 nitrogen and oxygen atoms in total. The van der Waals surface area contributed by atoms with Crippen LogP contribution in [0.5, 0.6) is 0 Å². The van der Waals surface area contributed by atoms with Crippen molar-refractivity contribution in [1.82, 2.24) is 5.32 Å². The lowest BCUT2D eigenvalue weighted by atomic mass is 10.1. The quantitative estimate of drug-likeness (QED) is 0.764. The van der Waals surface area contributed by atoms with Gasteiger partial charge in [0.1, 0.15) is 5.82 Å². The summed E-state index contributed by atoms with van der Waals surface area (Å²) in [4.78, 5) is 13.0. The van der Waals surface area contributed by atoms with Gasteiger partial charge >= 0.3 is 0 Å². The van der Waals surface area contributed by atoms with E-state index < -0.39 is 0 Å². The Hall–Kier alpha value is -1.52. The number of amides is 1. The summed E-state index contributed by atoms with van der Waals surface area (Å²) in [7, 11) is 0. The molecule has 0 fully saturated rings. The van der Waals surface area contributed by atoms with Gasteiger partial charge in [0.2, 0.25) is 5.91 Å². The zero-order valence-corrected chi connectivity index (χ0v) is 13.8. The van der Waals surface area contributed by atoms with Crippen LogP contribution in [-0.2, 0) is 4.79 Å². The van der Waals surface area contributed by atoms with Crippen molar-refractivity contribution in [3.63, 3.8) is 0 Å². The number of carbonyl (C=O) groups is 1. The Morgan fingerprint density at radius 3 is 2.45 bits per heavy atom. The summed E-state index contributed by atoms with van der Waals surface area (Å²) in [5.41, 5.74) is 0.889. The zero-order valence-electron chi connectivity index (χ0n) is 12.2. The molecule has 1 amide bonds. The molecule has 0 saturated heterocycles. The molecule has 0 spiro atoms. The molecule has 0 aromatic heterocycles. The third-order valence-corrected chi connectivity index (χ3v) is 4.42. The number of hydrogen-bond acceptors (Lipinski definition) is 2. The highest BCUT2D eigenvalue weighted by Crippen LogP contribution is 2.21. The smallest absolute Gasteiger partial charge is 0.221 e. The Morgan fingerprint density at radius 2 is 1.82 bits per heavy atom. The summed E-state index contributed by atoms with van der Waals surface area (Å²) in [6, 6.07) is 13.6. The molecule has 0 aliphatic carbocycles. The number of halogens is 2. The third-order valence-electron chi connectivity index (χ3n) is 3.16. The molecule has 0 aliphatic heterocycles. The number of benzene rings is 2. The van der Waals surface area contributed by atoms with Crippen molar-refractivity contribution in [2.24, 2.45) is 0 Å². The Balaban J connectivity index is 1.75. The van der Waals surface area contributed by atoms with Gasteiger partial charge in [0, 0.05) is 22.1 Å². The summed E-state index contributed by atoms with van der Waals surface area (Å²) < 4.78 is 12.9. The van der Waals surface area contributed by atoms with E-state index in [4.69, 9.17) is 11.6 Å². The molecule has 2 rings (SSSR count). The number of rotatable bonds is 6. The van der Waals surface area contributed by atoms with Gasteiger partial charge in [-0.2, -0.15) is 0 Å². The monoisotopic (exact) mass is 337 g/mol. The molecule has 2 aromatic carbocycles. The molecule has 0 bridgehead atoms. The van der Waals surface area contributed by atoms with Crippen LogP contribution in [0.1, 0.15) is 24.9 Å². The van der Waals surface area contributed by atoms with Crippen molar-refractivity contribution in [2.75, 3.05) is 5.75 Å². The first-order chi connectivity index (χ1) is 10.5. The zero-order chi connectivity index (χ0) is 15.9. The molecule has 0 heterocycles. The molecule has 5 heteroatoms. The molecular formula is C17H17ClFNOS. The summed E-state index contributed by atoms with van der Waals surface area (Å²) in [5, 5.41) is 3.62. The van der Waals surface area contributed by atoms with Gasteiger partial charge in [-0.25, -0.2) is 4.39 Å². The number of carbonyl (C=O) groups excluding carboxylic acids is 1. The summed E-state index contributed by atoms with van der Waals surface area (Å²) in [6.07, 6.45) is 0.429. The highest BCUT2D eigenvalue weighted by atomic mass is 35.5. The van der Waals surface area contributed by atoms with Crippen molar-refractivity contribution in [3.8, 4) is 0 Å². The van der Waals surface area contributed by atoms with Gasteiger partial charge in [-0.05, 0) is 48.9 Å². The predicted octanol–water partition coefficient (Wildman–Crippen LogP) is 4.84. The van der Waals surface area contributed by atoms with Crippen molar-refractivity contribution < 1.29 is 9.18 Å². The average molecular weight is 338 g/mol. The van der Waals surface area contributed by atoms with Crippen LogP contribution in [0, 0.1) is 5.82 Å². The number of nitrogens with one attached hydrogen (secondary N) is 1. The van der Waals surface area contributed by atoms with Gasteiger partial charge in [-0.1, -0.05) is 23.7 Å². The van der Waals surface area contributed by atoms with E-state index in [1.165, 1.54) is 12.1 Å². The molecular weight excluding hydrogens is 321 g/mol. The fraction of sp³-hybridized carbons (Fsp3) is 0.235. The minimum atomic E-state index is -0.276. The van der Waals surface area contributed by atoms with E-state index in [2.05, 4.69) is 5.32 Å². The molecule has 0 aliphatic rings. The molecule has 0 radical (unpaired) electrons. The highest BCUT2D eigenvalue weighted by Gasteiger charge is 2.09. The van der Waals surface area contributed by atoms with Crippen molar-refractivity contribution >= 4 is 29.3 Å². The largest absolute Gasteiger partial charge is 0.350 e. The molecule has 2 aromatic rings. The topological polar surface area (TPSA) is 29.1 Å². The molecule has 0 unspecified atom stereocenters. The second-order valence-corrected chi connectivity index (χ2v) is 6.50. The van der Waals surface area contributed by atoms with Crippen LogP contribution < -0.4 is 5.32 Å². The van der Waals surface area contributed by atoms with Crippen LogP contribution in [0.15, 0.2) is 53.4 Å². The first-order valence-corrected chi connectivity index (χ1v) is 8.34. The SMILES string of the molecule is C[C@@H](NC(=O)CCSc1ccc(Cl)cc1)c1ccc(F)cc1.